The number of rotatable bonds is 3. The second-order valence-electron chi connectivity index (χ2n) is 5.15. The largest absolute Gasteiger partial charge is 0.497 e. The Labute approximate surface area is 135 Å². The molecule has 0 aliphatic rings. The van der Waals surface area contributed by atoms with E-state index in [0.29, 0.717) is 0 Å². The molecule has 0 atom stereocenters. The Hall–Kier alpha value is -2.32. The van der Waals surface area contributed by atoms with Gasteiger partial charge in [-0.05, 0) is 35.4 Å². The van der Waals surface area contributed by atoms with E-state index < -0.39 is 0 Å². The first kappa shape index (κ1) is 14.6. The van der Waals surface area contributed by atoms with Gasteiger partial charge in [-0.25, -0.2) is 4.57 Å². The maximum Gasteiger partial charge on any atom is 0.213 e. The maximum absolute atomic E-state index is 5.92. The van der Waals surface area contributed by atoms with Crippen molar-refractivity contribution in [3.63, 3.8) is 0 Å². The third kappa shape index (κ3) is 2.97. The van der Waals surface area contributed by atoms with Crippen LogP contribution < -0.4 is 9.30 Å². The molecule has 0 saturated heterocycles. The van der Waals surface area contributed by atoms with Crippen LogP contribution in [-0.4, -0.2) is 7.11 Å². The van der Waals surface area contributed by atoms with Gasteiger partial charge in [0.1, 0.15) is 12.8 Å². The summed E-state index contributed by atoms with van der Waals surface area (Å²) in [7, 11) is 3.73. The standard InChI is InChI=1S/C19H17ClNO/c1-21-12-11-15(6-3-14-4-7-16(20)8-5-14)18-13-17(22-2)9-10-19(18)21/h3-13H,1-2H3/q+1/b6-3+. The summed E-state index contributed by atoms with van der Waals surface area (Å²) < 4.78 is 7.45. The molecule has 2 aromatic carbocycles. The Morgan fingerprint density at radius 3 is 2.50 bits per heavy atom. The second-order valence-corrected chi connectivity index (χ2v) is 5.59. The van der Waals surface area contributed by atoms with Crippen molar-refractivity contribution in [3.05, 3.63) is 70.9 Å². The molecular weight excluding hydrogens is 294 g/mol. The Morgan fingerprint density at radius 2 is 1.77 bits per heavy atom. The van der Waals surface area contributed by atoms with Crippen LogP contribution in [-0.2, 0) is 7.05 Å². The van der Waals surface area contributed by atoms with E-state index in [4.69, 9.17) is 16.3 Å². The molecule has 0 aliphatic carbocycles. The normalized spacial score (nSPS) is 11.2. The van der Waals surface area contributed by atoms with Gasteiger partial charge >= 0.3 is 0 Å². The van der Waals surface area contributed by atoms with E-state index in [-0.39, 0.29) is 0 Å². The van der Waals surface area contributed by atoms with Gasteiger partial charge in [-0.2, -0.15) is 0 Å². The van der Waals surface area contributed by atoms with Gasteiger partial charge < -0.3 is 4.74 Å². The van der Waals surface area contributed by atoms with Crippen LogP contribution in [0, 0.1) is 0 Å². The van der Waals surface area contributed by atoms with Crippen molar-refractivity contribution < 1.29 is 9.30 Å². The molecule has 0 N–H and O–H groups in total. The van der Waals surface area contributed by atoms with Crippen LogP contribution in [0.4, 0.5) is 0 Å². The number of aromatic nitrogens is 1. The van der Waals surface area contributed by atoms with Gasteiger partial charge in [0.15, 0.2) is 6.20 Å². The lowest BCUT2D eigenvalue weighted by Crippen LogP contribution is -2.28. The number of hydrogen-bond donors (Lipinski definition) is 0. The van der Waals surface area contributed by atoms with E-state index in [2.05, 4.69) is 41.1 Å². The van der Waals surface area contributed by atoms with Crippen LogP contribution in [0.25, 0.3) is 23.1 Å². The zero-order valence-electron chi connectivity index (χ0n) is 12.6. The quantitative estimate of drug-likeness (QED) is 0.649. The molecule has 2 nitrogen and oxygen atoms in total. The third-order valence-electron chi connectivity index (χ3n) is 3.70. The molecular formula is C19H17ClNO+. The topological polar surface area (TPSA) is 13.1 Å². The lowest BCUT2D eigenvalue weighted by molar-refractivity contribution is -0.644. The molecule has 0 bridgehead atoms. The molecule has 110 valence electrons. The fourth-order valence-corrected chi connectivity index (χ4v) is 2.57. The monoisotopic (exact) mass is 310 g/mol. The van der Waals surface area contributed by atoms with Crippen LogP contribution in [0.15, 0.2) is 54.7 Å². The molecule has 0 unspecified atom stereocenters. The number of hydrogen-bond acceptors (Lipinski definition) is 1. The minimum Gasteiger partial charge on any atom is -0.497 e. The van der Waals surface area contributed by atoms with Crippen molar-refractivity contribution in [2.45, 2.75) is 0 Å². The molecule has 22 heavy (non-hydrogen) atoms. The van der Waals surface area contributed by atoms with E-state index in [0.717, 1.165) is 27.3 Å². The summed E-state index contributed by atoms with van der Waals surface area (Å²) in [4.78, 5) is 0. The molecule has 0 radical (unpaired) electrons. The highest BCUT2D eigenvalue weighted by atomic mass is 35.5. The molecule has 3 rings (SSSR count). The zero-order valence-corrected chi connectivity index (χ0v) is 13.3. The smallest absolute Gasteiger partial charge is 0.213 e. The molecule has 0 amide bonds. The summed E-state index contributed by atoms with van der Waals surface area (Å²) in [6, 6.07) is 16.0. The molecule has 0 aliphatic heterocycles. The lowest BCUT2D eigenvalue weighted by atomic mass is 10.1. The van der Waals surface area contributed by atoms with E-state index in [9.17, 15) is 0 Å². The molecule has 1 aromatic heterocycles. The van der Waals surface area contributed by atoms with Gasteiger partial charge in [0.2, 0.25) is 5.52 Å². The van der Waals surface area contributed by atoms with Crippen molar-refractivity contribution in [1.82, 2.24) is 0 Å². The highest BCUT2D eigenvalue weighted by Gasteiger charge is 2.09. The predicted octanol–water partition coefficient (Wildman–Crippen LogP) is 4.50. The van der Waals surface area contributed by atoms with Crippen molar-refractivity contribution in [2.75, 3.05) is 7.11 Å². The first-order valence-corrected chi connectivity index (χ1v) is 7.45. The number of aryl methyl sites for hydroxylation is 1. The van der Waals surface area contributed by atoms with Gasteiger partial charge in [0.05, 0.1) is 12.5 Å². The fraction of sp³-hybridized carbons (Fsp3) is 0.105. The summed E-state index contributed by atoms with van der Waals surface area (Å²) in [6.07, 6.45) is 6.27. The minimum absolute atomic E-state index is 0.749. The van der Waals surface area contributed by atoms with E-state index in [1.165, 1.54) is 5.52 Å². The first-order valence-electron chi connectivity index (χ1n) is 7.07. The van der Waals surface area contributed by atoms with Gasteiger partial charge in [0, 0.05) is 17.2 Å². The van der Waals surface area contributed by atoms with Crippen molar-refractivity contribution in [1.29, 1.82) is 0 Å². The number of benzene rings is 2. The van der Waals surface area contributed by atoms with Gasteiger partial charge in [-0.15, -0.1) is 0 Å². The first-order chi connectivity index (χ1) is 10.7. The Kier molecular flexibility index (Phi) is 4.12. The zero-order chi connectivity index (χ0) is 15.5. The Bertz CT molecular complexity index is 838. The molecule has 1 heterocycles. The number of halogens is 1. The van der Waals surface area contributed by atoms with Gasteiger partial charge in [-0.3, -0.25) is 0 Å². The van der Waals surface area contributed by atoms with Crippen LogP contribution in [0.2, 0.25) is 5.02 Å². The number of fused-ring (bicyclic) bond motifs is 1. The number of ether oxygens (including phenoxy) is 1. The van der Waals surface area contributed by atoms with E-state index >= 15 is 0 Å². The molecule has 0 spiro atoms. The van der Waals surface area contributed by atoms with E-state index in [1.807, 2.05) is 37.4 Å². The second kappa shape index (κ2) is 6.20. The summed E-state index contributed by atoms with van der Waals surface area (Å²) in [6.45, 7) is 0. The average Bonchev–Trinajstić information content (AvgIpc) is 2.55. The number of pyridine rings is 1. The fourth-order valence-electron chi connectivity index (χ4n) is 2.45. The van der Waals surface area contributed by atoms with Crippen molar-refractivity contribution >= 4 is 34.7 Å². The highest BCUT2D eigenvalue weighted by Crippen LogP contribution is 2.23. The summed E-state index contributed by atoms with van der Waals surface area (Å²) in [5.41, 5.74) is 3.44. The molecule has 3 aromatic rings. The summed E-state index contributed by atoms with van der Waals surface area (Å²) in [5, 5.41) is 1.91. The van der Waals surface area contributed by atoms with Gasteiger partial charge in [-0.1, -0.05) is 35.9 Å². The number of methoxy groups -OCH3 is 1. The third-order valence-corrected chi connectivity index (χ3v) is 3.95. The Balaban J connectivity index is 2.06. The predicted molar refractivity (Wildman–Crippen MR) is 92.1 cm³/mol. The van der Waals surface area contributed by atoms with E-state index in [1.54, 1.807) is 7.11 Å². The Morgan fingerprint density at radius 1 is 1.00 bits per heavy atom. The molecule has 0 saturated carbocycles. The van der Waals surface area contributed by atoms with Crippen molar-refractivity contribution in [2.24, 2.45) is 7.05 Å². The molecule has 3 heteroatoms. The highest BCUT2D eigenvalue weighted by molar-refractivity contribution is 6.30. The SMILES string of the molecule is COc1ccc2c(c1)c(/C=C/c1ccc(Cl)cc1)cc[n+]2C. The van der Waals surface area contributed by atoms with Crippen LogP contribution >= 0.6 is 11.6 Å². The minimum atomic E-state index is 0.749. The summed E-state index contributed by atoms with van der Waals surface area (Å²) in [5.74, 6) is 0.861. The van der Waals surface area contributed by atoms with Crippen molar-refractivity contribution in [3.8, 4) is 5.75 Å². The maximum atomic E-state index is 5.92. The van der Waals surface area contributed by atoms with Crippen LogP contribution in [0.1, 0.15) is 11.1 Å². The summed E-state index contributed by atoms with van der Waals surface area (Å²) >= 11 is 5.92. The van der Waals surface area contributed by atoms with Gasteiger partial charge in [0.25, 0.3) is 0 Å². The van der Waals surface area contributed by atoms with Crippen LogP contribution in [0.5, 0.6) is 5.75 Å². The average molecular weight is 311 g/mol. The molecule has 0 fully saturated rings. The lowest BCUT2D eigenvalue weighted by Gasteiger charge is -2.04. The van der Waals surface area contributed by atoms with Crippen LogP contribution in [0.3, 0.4) is 0 Å². The number of nitrogens with zero attached hydrogens (tertiary/aromatic N) is 1.